The van der Waals surface area contributed by atoms with Crippen LogP contribution in [0.4, 0.5) is 5.82 Å². The van der Waals surface area contributed by atoms with E-state index in [1.807, 2.05) is 0 Å². The smallest absolute Gasteiger partial charge is 0.295 e. The molecule has 1 unspecified atom stereocenters. The average Bonchev–Trinajstić information content (AvgIpc) is 2.91. The van der Waals surface area contributed by atoms with Crippen LogP contribution in [0.3, 0.4) is 0 Å². The third-order valence-corrected chi connectivity index (χ3v) is 6.91. The third-order valence-electron chi connectivity index (χ3n) is 5.98. The number of aliphatic hydroxyl groups is 1. The van der Waals surface area contributed by atoms with Crippen molar-refractivity contribution >= 4 is 34.0 Å². The second-order valence-corrected chi connectivity index (χ2v) is 10.6. The molecule has 0 bridgehead atoms. The van der Waals surface area contributed by atoms with Gasteiger partial charge >= 0.3 is 0 Å². The van der Waals surface area contributed by atoms with Gasteiger partial charge in [0.1, 0.15) is 4.90 Å². The maximum absolute atomic E-state index is 12.3. The molecule has 1 aromatic heterocycles. The molecule has 214 valence electrons. The van der Waals surface area contributed by atoms with Gasteiger partial charge in [-0.15, -0.1) is 0 Å². The first-order valence-corrected chi connectivity index (χ1v) is 14.8. The van der Waals surface area contributed by atoms with Gasteiger partial charge in [0.05, 0.1) is 17.9 Å². The SMILES string of the molecule is CCCCC(O)CCCCCCC(=O)NCCNC(=O)c1ccc([NH2+]/N=C/c2ccccc2S(=O)(=O)O)nc1. The molecule has 0 aliphatic heterocycles. The summed E-state index contributed by atoms with van der Waals surface area (Å²) in [6.07, 6.45) is 10.5. The first-order chi connectivity index (χ1) is 18.7. The van der Waals surface area contributed by atoms with Crippen molar-refractivity contribution in [3.05, 3.63) is 53.7 Å². The molecule has 1 atom stereocenters. The lowest BCUT2D eigenvalue weighted by Crippen LogP contribution is -2.71. The van der Waals surface area contributed by atoms with Crippen LogP contribution in [0.2, 0.25) is 0 Å². The Morgan fingerprint density at radius 3 is 2.46 bits per heavy atom. The number of unbranched alkanes of at least 4 members (excludes halogenated alkanes) is 4. The lowest BCUT2D eigenvalue weighted by atomic mass is 10.0. The molecule has 0 fully saturated rings. The predicted octanol–water partition coefficient (Wildman–Crippen LogP) is 2.30. The van der Waals surface area contributed by atoms with Crippen molar-refractivity contribution in [2.75, 3.05) is 13.1 Å². The van der Waals surface area contributed by atoms with Crippen LogP contribution in [0.5, 0.6) is 0 Å². The normalized spacial score (nSPS) is 12.4. The summed E-state index contributed by atoms with van der Waals surface area (Å²) in [4.78, 5) is 28.2. The van der Waals surface area contributed by atoms with Crippen molar-refractivity contribution in [1.82, 2.24) is 15.6 Å². The van der Waals surface area contributed by atoms with Crippen LogP contribution in [-0.2, 0) is 14.9 Å². The van der Waals surface area contributed by atoms with E-state index >= 15 is 0 Å². The number of carbonyl (C=O) groups is 2. The predicted molar refractivity (Wildman–Crippen MR) is 148 cm³/mol. The van der Waals surface area contributed by atoms with Crippen molar-refractivity contribution in [3.8, 4) is 0 Å². The largest absolute Gasteiger partial charge is 0.393 e. The number of amides is 2. The van der Waals surface area contributed by atoms with Gasteiger partial charge < -0.3 is 15.7 Å². The number of benzene rings is 1. The lowest BCUT2D eigenvalue weighted by Gasteiger charge is -2.09. The Balaban J connectivity index is 1.62. The standard InChI is InChI=1S/C27H39N5O6S/c1-2-3-11-23(33)12-6-4-5-7-14-26(34)28-17-18-29-27(35)22-15-16-25(30-19-22)32-31-20-21-10-8-9-13-24(21)39(36,37)38/h8-10,13,15-16,19-20,23,33H,2-7,11-12,14,17-18H2,1H3,(H,28,34)(H,29,35)(H,30,32)(H,36,37,38)/p+1/b31-20+. The topological polar surface area (TPSA) is 175 Å². The Morgan fingerprint density at radius 2 is 1.74 bits per heavy atom. The van der Waals surface area contributed by atoms with Crippen molar-refractivity contribution < 1.29 is 33.1 Å². The van der Waals surface area contributed by atoms with E-state index in [1.54, 1.807) is 18.2 Å². The summed E-state index contributed by atoms with van der Waals surface area (Å²) >= 11 is 0. The molecular formula is C27H40N5O6S+. The summed E-state index contributed by atoms with van der Waals surface area (Å²) < 4.78 is 32.2. The Hall–Kier alpha value is -3.19. The van der Waals surface area contributed by atoms with E-state index in [-0.39, 0.29) is 34.9 Å². The van der Waals surface area contributed by atoms with Gasteiger partial charge in [-0.1, -0.05) is 62.3 Å². The van der Waals surface area contributed by atoms with Crippen LogP contribution in [-0.4, -0.2) is 60.3 Å². The molecule has 12 heteroatoms. The van der Waals surface area contributed by atoms with Gasteiger partial charge in [-0.05, 0) is 31.4 Å². The monoisotopic (exact) mass is 562 g/mol. The molecule has 0 spiro atoms. The highest BCUT2D eigenvalue weighted by molar-refractivity contribution is 7.86. The summed E-state index contributed by atoms with van der Waals surface area (Å²) in [5, 5.41) is 19.4. The van der Waals surface area contributed by atoms with E-state index in [1.165, 1.54) is 36.0 Å². The molecule has 2 aromatic rings. The number of nitrogens with zero attached hydrogens (tertiary/aromatic N) is 2. The Labute approximate surface area is 230 Å². The molecule has 0 aliphatic carbocycles. The van der Waals surface area contributed by atoms with Gasteiger partial charge in [-0.3, -0.25) is 14.1 Å². The number of nitrogens with one attached hydrogen (secondary N) is 2. The molecule has 2 amide bonds. The summed E-state index contributed by atoms with van der Waals surface area (Å²) in [7, 11) is -4.37. The lowest BCUT2D eigenvalue weighted by molar-refractivity contribution is -0.580. The zero-order chi connectivity index (χ0) is 28.5. The van der Waals surface area contributed by atoms with Gasteiger partial charge in [0.2, 0.25) is 5.91 Å². The van der Waals surface area contributed by atoms with Crippen molar-refractivity contribution in [2.24, 2.45) is 5.10 Å². The second-order valence-electron chi connectivity index (χ2n) is 9.25. The third kappa shape index (κ3) is 12.9. The maximum atomic E-state index is 12.3. The highest BCUT2D eigenvalue weighted by Crippen LogP contribution is 2.13. The van der Waals surface area contributed by atoms with Crippen molar-refractivity contribution in [2.45, 2.75) is 75.7 Å². The minimum atomic E-state index is -4.37. The summed E-state index contributed by atoms with van der Waals surface area (Å²) in [6.45, 7) is 2.72. The second kappa shape index (κ2) is 17.4. The van der Waals surface area contributed by atoms with Gasteiger partial charge in [0.15, 0.2) is 0 Å². The minimum Gasteiger partial charge on any atom is -0.393 e. The molecule has 39 heavy (non-hydrogen) atoms. The molecule has 6 N–H and O–H groups in total. The fraction of sp³-hybridized carbons (Fsp3) is 0.481. The number of hydrogen-bond acceptors (Lipinski definition) is 7. The molecule has 0 aliphatic rings. The summed E-state index contributed by atoms with van der Waals surface area (Å²) in [6, 6.07) is 9.08. The zero-order valence-electron chi connectivity index (χ0n) is 22.4. The van der Waals surface area contributed by atoms with Gasteiger partial charge in [-0.2, -0.15) is 13.8 Å². The van der Waals surface area contributed by atoms with E-state index in [0.717, 1.165) is 51.4 Å². The van der Waals surface area contributed by atoms with Crippen LogP contribution < -0.4 is 16.1 Å². The summed E-state index contributed by atoms with van der Waals surface area (Å²) in [5.74, 6) is 0.0793. The van der Waals surface area contributed by atoms with Crippen LogP contribution in [0.25, 0.3) is 0 Å². The molecule has 0 saturated carbocycles. The van der Waals surface area contributed by atoms with Crippen molar-refractivity contribution in [1.29, 1.82) is 0 Å². The molecule has 1 aromatic carbocycles. The zero-order valence-corrected chi connectivity index (χ0v) is 23.2. The first kappa shape index (κ1) is 32.0. The number of aliphatic hydroxyl groups excluding tert-OH is 1. The molecule has 0 radical (unpaired) electrons. The quantitative estimate of drug-likeness (QED) is 0.0609. The number of nitrogens with two attached hydrogens (primary N) is 1. The van der Waals surface area contributed by atoms with E-state index in [0.29, 0.717) is 24.3 Å². The van der Waals surface area contributed by atoms with Crippen LogP contribution in [0.1, 0.15) is 80.6 Å². The van der Waals surface area contributed by atoms with E-state index in [4.69, 9.17) is 0 Å². The van der Waals surface area contributed by atoms with Gasteiger partial charge in [0, 0.05) is 37.3 Å². The highest BCUT2D eigenvalue weighted by atomic mass is 32.2. The average molecular weight is 563 g/mol. The van der Waals surface area contributed by atoms with E-state index < -0.39 is 10.1 Å². The summed E-state index contributed by atoms with van der Waals surface area (Å²) in [5.41, 5.74) is 1.97. The number of carbonyl (C=O) groups excluding carboxylic acids is 2. The number of pyridine rings is 1. The number of hydrogen-bond donors (Lipinski definition) is 5. The van der Waals surface area contributed by atoms with Crippen LogP contribution in [0, 0.1) is 0 Å². The Morgan fingerprint density at radius 1 is 1.03 bits per heavy atom. The number of rotatable bonds is 18. The molecule has 0 saturated heterocycles. The maximum Gasteiger partial charge on any atom is 0.295 e. The van der Waals surface area contributed by atoms with Gasteiger partial charge in [-0.25, -0.2) is 4.98 Å². The van der Waals surface area contributed by atoms with Crippen LogP contribution >= 0.6 is 0 Å². The fourth-order valence-corrected chi connectivity index (χ4v) is 4.47. The Kier molecular flexibility index (Phi) is 14.3. The molecule has 1 heterocycles. The van der Waals surface area contributed by atoms with Gasteiger partial charge in [0.25, 0.3) is 21.8 Å². The number of quaternary nitrogens is 1. The van der Waals surface area contributed by atoms with Crippen LogP contribution in [0.15, 0.2) is 52.6 Å². The van der Waals surface area contributed by atoms with E-state index in [2.05, 4.69) is 27.6 Å². The molecule has 11 nitrogen and oxygen atoms in total. The first-order valence-electron chi connectivity index (χ1n) is 13.3. The molecule has 2 rings (SSSR count). The molecular weight excluding hydrogens is 522 g/mol. The fourth-order valence-electron chi connectivity index (χ4n) is 3.80. The van der Waals surface area contributed by atoms with Crippen molar-refractivity contribution in [3.63, 3.8) is 0 Å². The number of aromatic nitrogens is 1. The van der Waals surface area contributed by atoms with E-state index in [9.17, 15) is 27.7 Å². The minimum absolute atomic E-state index is 0.0476. The highest BCUT2D eigenvalue weighted by Gasteiger charge is 2.13. The Bertz CT molecular complexity index is 1170.